The van der Waals surface area contributed by atoms with Crippen molar-refractivity contribution in [2.45, 2.75) is 46.1 Å². The summed E-state index contributed by atoms with van der Waals surface area (Å²) in [6.45, 7) is 7.40. The second-order valence-electron chi connectivity index (χ2n) is 5.25. The average molecular weight is 265 g/mol. The molecule has 1 aromatic heterocycles. The van der Waals surface area contributed by atoms with Crippen LogP contribution in [-0.4, -0.2) is 22.5 Å². The number of nitrogens with one attached hydrogen (secondary N) is 1. The van der Waals surface area contributed by atoms with E-state index in [1.807, 2.05) is 0 Å². The van der Waals surface area contributed by atoms with Gasteiger partial charge in [-0.3, -0.25) is 15.1 Å². The summed E-state index contributed by atoms with van der Waals surface area (Å²) in [4.78, 5) is 14.5. The number of hydrogen-bond acceptors (Lipinski definition) is 4. The quantitative estimate of drug-likeness (QED) is 0.579. The molecule has 1 atom stereocenters. The van der Waals surface area contributed by atoms with Crippen LogP contribution in [0.15, 0.2) is 18.5 Å². The van der Waals surface area contributed by atoms with Crippen LogP contribution in [0.25, 0.3) is 0 Å². The average Bonchev–Trinajstić information content (AvgIpc) is 2.35. The third-order valence-electron chi connectivity index (χ3n) is 2.99. The van der Waals surface area contributed by atoms with Gasteiger partial charge in [0.05, 0.1) is 4.92 Å². The van der Waals surface area contributed by atoms with E-state index in [-0.39, 0.29) is 16.7 Å². The molecule has 106 valence electrons. The predicted octanol–water partition coefficient (Wildman–Crippen LogP) is 2.95. The summed E-state index contributed by atoms with van der Waals surface area (Å²) >= 11 is 0. The Morgan fingerprint density at radius 2 is 2.21 bits per heavy atom. The van der Waals surface area contributed by atoms with Crippen LogP contribution in [0.4, 0.5) is 5.69 Å². The molecule has 5 heteroatoms. The van der Waals surface area contributed by atoms with Gasteiger partial charge in [0.1, 0.15) is 6.20 Å². The van der Waals surface area contributed by atoms with Crippen molar-refractivity contribution in [2.24, 2.45) is 5.92 Å². The minimum Gasteiger partial charge on any atom is -0.314 e. The Morgan fingerprint density at radius 1 is 1.47 bits per heavy atom. The molecular formula is C14H23N3O2. The Balaban J connectivity index is 2.80. The number of nitrogens with zero attached hydrogens (tertiary/aromatic N) is 2. The standard InChI is InChI=1S/C14H23N3O2/c1-4-6-16-13(8-11(2)3)9-12-5-7-15-10-14(12)17(18)19/h5,7,10-11,13,16H,4,6,8-9H2,1-3H3. The lowest BCUT2D eigenvalue weighted by molar-refractivity contribution is -0.385. The van der Waals surface area contributed by atoms with Crippen molar-refractivity contribution in [3.8, 4) is 0 Å². The molecule has 0 bridgehead atoms. The first-order chi connectivity index (χ1) is 9.04. The van der Waals surface area contributed by atoms with Gasteiger partial charge in [0.2, 0.25) is 0 Å². The Bertz CT molecular complexity index is 407. The highest BCUT2D eigenvalue weighted by molar-refractivity contribution is 5.37. The summed E-state index contributed by atoms with van der Waals surface area (Å²) in [5.74, 6) is 0.565. The summed E-state index contributed by atoms with van der Waals surface area (Å²) in [5.41, 5.74) is 0.879. The Morgan fingerprint density at radius 3 is 2.79 bits per heavy atom. The Kier molecular flexibility index (Phi) is 6.42. The fourth-order valence-electron chi connectivity index (χ4n) is 2.17. The van der Waals surface area contributed by atoms with Gasteiger partial charge in [0.15, 0.2) is 0 Å². The molecule has 1 rings (SSSR count). The van der Waals surface area contributed by atoms with Gasteiger partial charge in [0.25, 0.3) is 5.69 Å². The molecule has 0 saturated heterocycles. The summed E-state index contributed by atoms with van der Waals surface area (Å²) < 4.78 is 0. The fourth-order valence-corrected chi connectivity index (χ4v) is 2.17. The number of nitro groups is 1. The van der Waals surface area contributed by atoms with Crippen LogP contribution >= 0.6 is 0 Å². The van der Waals surface area contributed by atoms with Crippen molar-refractivity contribution in [1.29, 1.82) is 0 Å². The Labute approximate surface area is 114 Å². The highest BCUT2D eigenvalue weighted by Gasteiger charge is 2.18. The first kappa shape index (κ1) is 15.6. The molecule has 0 radical (unpaired) electrons. The van der Waals surface area contributed by atoms with Crippen LogP contribution in [0.1, 0.15) is 39.2 Å². The maximum Gasteiger partial charge on any atom is 0.290 e. The smallest absolute Gasteiger partial charge is 0.290 e. The second kappa shape index (κ2) is 7.84. The van der Waals surface area contributed by atoms with E-state index < -0.39 is 0 Å². The van der Waals surface area contributed by atoms with Gasteiger partial charge < -0.3 is 5.32 Å². The zero-order valence-electron chi connectivity index (χ0n) is 11.9. The van der Waals surface area contributed by atoms with Crippen LogP contribution < -0.4 is 5.32 Å². The molecule has 0 aromatic carbocycles. The molecule has 5 nitrogen and oxygen atoms in total. The van der Waals surface area contributed by atoms with Gasteiger partial charge in [-0.2, -0.15) is 0 Å². The van der Waals surface area contributed by atoms with E-state index in [9.17, 15) is 10.1 Å². The van der Waals surface area contributed by atoms with E-state index >= 15 is 0 Å². The van der Waals surface area contributed by atoms with Crippen LogP contribution in [-0.2, 0) is 6.42 Å². The maximum atomic E-state index is 11.0. The van der Waals surface area contributed by atoms with Gasteiger partial charge in [0, 0.05) is 17.8 Å². The van der Waals surface area contributed by atoms with E-state index in [4.69, 9.17) is 0 Å². The first-order valence-electron chi connectivity index (χ1n) is 6.85. The molecule has 0 fully saturated rings. The zero-order chi connectivity index (χ0) is 14.3. The van der Waals surface area contributed by atoms with Crippen molar-refractivity contribution >= 4 is 5.69 Å². The van der Waals surface area contributed by atoms with Crippen molar-refractivity contribution < 1.29 is 4.92 Å². The molecule has 1 N–H and O–H groups in total. The number of rotatable bonds is 8. The Hall–Kier alpha value is -1.49. The fraction of sp³-hybridized carbons (Fsp3) is 0.643. The SMILES string of the molecule is CCCNC(Cc1ccncc1[N+](=O)[O-])CC(C)C. The number of pyridine rings is 1. The molecule has 0 aliphatic heterocycles. The van der Waals surface area contributed by atoms with Crippen molar-refractivity contribution in [3.05, 3.63) is 34.1 Å². The van der Waals surface area contributed by atoms with Gasteiger partial charge >= 0.3 is 0 Å². The highest BCUT2D eigenvalue weighted by atomic mass is 16.6. The lowest BCUT2D eigenvalue weighted by atomic mass is 9.97. The first-order valence-corrected chi connectivity index (χ1v) is 6.85. The van der Waals surface area contributed by atoms with Gasteiger partial charge in [-0.15, -0.1) is 0 Å². The molecule has 0 spiro atoms. The molecule has 0 saturated carbocycles. The molecule has 0 aliphatic rings. The van der Waals surface area contributed by atoms with Crippen molar-refractivity contribution in [3.63, 3.8) is 0 Å². The largest absolute Gasteiger partial charge is 0.314 e. The summed E-state index contributed by atoms with van der Waals surface area (Å²) in [6.07, 6.45) is 5.71. The lowest BCUT2D eigenvalue weighted by Crippen LogP contribution is -2.33. The van der Waals surface area contributed by atoms with E-state index in [1.165, 1.54) is 6.20 Å². The molecule has 19 heavy (non-hydrogen) atoms. The molecular weight excluding hydrogens is 242 g/mol. The van der Waals surface area contributed by atoms with Crippen LogP contribution in [0, 0.1) is 16.0 Å². The zero-order valence-corrected chi connectivity index (χ0v) is 11.9. The highest BCUT2D eigenvalue weighted by Crippen LogP contribution is 2.20. The van der Waals surface area contributed by atoms with Gasteiger partial charge in [-0.05, 0) is 37.8 Å². The minimum absolute atomic E-state index is 0.120. The van der Waals surface area contributed by atoms with Crippen LogP contribution in [0.2, 0.25) is 0 Å². The van der Waals surface area contributed by atoms with Gasteiger partial charge in [-0.1, -0.05) is 20.8 Å². The summed E-state index contributed by atoms with van der Waals surface area (Å²) in [5, 5.41) is 14.5. The van der Waals surface area contributed by atoms with E-state index in [2.05, 4.69) is 31.1 Å². The molecule has 1 unspecified atom stereocenters. The van der Waals surface area contributed by atoms with Crippen molar-refractivity contribution in [2.75, 3.05) is 6.54 Å². The third kappa shape index (κ3) is 5.34. The topological polar surface area (TPSA) is 68.1 Å². The lowest BCUT2D eigenvalue weighted by Gasteiger charge is -2.20. The van der Waals surface area contributed by atoms with Gasteiger partial charge in [-0.25, -0.2) is 0 Å². The normalized spacial score (nSPS) is 12.6. The number of hydrogen-bond donors (Lipinski definition) is 1. The monoisotopic (exact) mass is 265 g/mol. The molecule has 1 heterocycles. The second-order valence-corrected chi connectivity index (χ2v) is 5.25. The number of aromatic nitrogens is 1. The molecule has 1 aromatic rings. The maximum absolute atomic E-state index is 11.0. The van der Waals surface area contributed by atoms with E-state index in [0.29, 0.717) is 12.3 Å². The third-order valence-corrected chi connectivity index (χ3v) is 2.99. The molecule has 0 aliphatic carbocycles. The van der Waals surface area contributed by atoms with E-state index in [1.54, 1.807) is 12.3 Å². The minimum atomic E-state index is -0.353. The molecule has 0 amide bonds. The predicted molar refractivity (Wildman–Crippen MR) is 76.1 cm³/mol. The van der Waals surface area contributed by atoms with E-state index in [0.717, 1.165) is 24.9 Å². The summed E-state index contributed by atoms with van der Waals surface area (Å²) in [7, 11) is 0. The van der Waals surface area contributed by atoms with Crippen molar-refractivity contribution in [1.82, 2.24) is 10.3 Å². The van der Waals surface area contributed by atoms with Crippen LogP contribution in [0.5, 0.6) is 0 Å². The summed E-state index contributed by atoms with van der Waals surface area (Å²) in [6, 6.07) is 2.03. The van der Waals surface area contributed by atoms with Crippen LogP contribution in [0.3, 0.4) is 0 Å².